The molecule has 1 aliphatic heterocycles. The van der Waals surface area contributed by atoms with Gasteiger partial charge in [0, 0.05) is 16.6 Å². The summed E-state index contributed by atoms with van der Waals surface area (Å²) < 4.78 is 5.48. The average molecular weight is 394 g/mol. The second kappa shape index (κ2) is 9.39. The second-order valence-corrected chi connectivity index (χ2v) is 8.87. The van der Waals surface area contributed by atoms with Crippen molar-refractivity contribution in [2.45, 2.75) is 49.3 Å². The number of thioether (sulfide) groups is 1. The van der Waals surface area contributed by atoms with Gasteiger partial charge in [-0.15, -0.1) is 11.8 Å². The average Bonchev–Trinajstić information content (AvgIpc) is 3.18. The summed E-state index contributed by atoms with van der Waals surface area (Å²) in [4.78, 5) is 8.40. The van der Waals surface area contributed by atoms with E-state index in [1.54, 1.807) is 0 Å². The van der Waals surface area contributed by atoms with Gasteiger partial charge in [0.15, 0.2) is 5.82 Å². The van der Waals surface area contributed by atoms with Gasteiger partial charge < -0.3 is 4.52 Å². The van der Waals surface area contributed by atoms with Crippen LogP contribution in [0.25, 0.3) is 0 Å². The van der Waals surface area contributed by atoms with Gasteiger partial charge >= 0.3 is 0 Å². The van der Waals surface area contributed by atoms with Gasteiger partial charge in [0.2, 0.25) is 5.89 Å². The van der Waals surface area contributed by atoms with E-state index >= 15 is 0 Å². The van der Waals surface area contributed by atoms with Crippen molar-refractivity contribution in [3.05, 3.63) is 77.4 Å². The first-order chi connectivity index (χ1) is 13.7. The summed E-state index contributed by atoms with van der Waals surface area (Å²) in [5, 5.41) is 4.86. The summed E-state index contributed by atoms with van der Waals surface area (Å²) in [6.07, 6.45) is 4.17. The number of hydrogen-bond donors (Lipinski definition) is 0. The van der Waals surface area contributed by atoms with Crippen LogP contribution in [0.3, 0.4) is 0 Å². The van der Waals surface area contributed by atoms with Crippen molar-refractivity contribution in [1.82, 2.24) is 15.0 Å². The van der Waals surface area contributed by atoms with E-state index in [4.69, 9.17) is 4.52 Å². The zero-order valence-corrected chi connectivity index (χ0v) is 17.2. The SMILES string of the molecule is Cc1ccc(SC2CCN(Cc3nc(CCc4ccccc4)no3)CC2)cc1. The maximum atomic E-state index is 5.48. The molecule has 1 aromatic heterocycles. The molecule has 1 fully saturated rings. The molecule has 0 N–H and O–H groups in total. The lowest BCUT2D eigenvalue weighted by molar-refractivity contribution is 0.196. The topological polar surface area (TPSA) is 42.2 Å². The highest BCUT2D eigenvalue weighted by atomic mass is 32.2. The fourth-order valence-corrected chi connectivity index (χ4v) is 4.67. The summed E-state index contributed by atoms with van der Waals surface area (Å²) in [5.41, 5.74) is 2.63. The minimum Gasteiger partial charge on any atom is -0.338 e. The van der Waals surface area contributed by atoms with Crippen molar-refractivity contribution in [2.75, 3.05) is 13.1 Å². The van der Waals surface area contributed by atoms with Crippen LogP contribution in [0.1, 0.15) is 35.7 Å². The Morgan fingerprint density at radius 1 is 1.00 bits per heavy atom. The van der Waals surface area contributed by atoms with Gasteiger partial charge in [0.25, 0.3) is 0 Å². The minimum atomic E-state index is 0.697. The molecule has 0 bridgehead atoms. The van der Waals surface area contributed by atoms with E-state index in [0.717, 1.165) is 44.2 Å². The third-order valence-electron chi connectivity index (χ3n) is 5.21. The number of benzene rings is 2. The molecule has 2 aromatic carbocycles. The molecular formula is C23H27N3OS. The zero-order chi connectivity index (χ0) is 19.2. The van der Waals surface area contributed by atoms with Crippen molar-refractivity contribution >= 4 is 11.8 Å². The molecule has 0 radical (unpaired) electrons. The van der Waals surface area contributed by atoms with E-state index in [2.05, 4.69) is 70.5 Å². The van der Waals surface area contributed by atoms with Crippen LogP contribution in [0.2, 0.25) is 0 Å². The molecule has 0 amide bonds. The molecule has 0 saturated carbocycles. The lowest BCUT2D eigenvalue weighted by Crippen LogP contribution is -2.34. The molecule has 0 spiro atoms. The largest absolute Gasteiger partial charge is 0.338 e. The standard InChI is InChI=1S/C23H27N3OS/c1-18-7-10-20(11-8-18)28-21-13-15-26(16-14-21)17-23-24-22(25-27-23)12-9-19-5-3-2-4-6-19/h2-8,10-11,21H,9,12-17H2,1H3. The van der Waals surface area contributed by atoms with Crippen molar-refractivity contribution in [2.24, 2.45) is 0 Å². The van der Waals surface area contributed by atoms with Crippen LogP contribution in [0, 0.1) is 6.92 Å². The number of aromatic nitrogens is 2. The van der Waals surface area contributed by atoms with Gasteiger partial charge in [0.05, 0.1) is 6.54 Å². The molecule has 1 saturated heterocycles. The van der Waals surface area contributed by atoms with Crippen molar-refractivity contribution in [3.63, 3.8) is 0 Å². The van der Waals surface area contributed by atoms with Crippen molar-refractivity contribution in [1.29, 1.82) is 0 Å². The van der Waals surface area contributed by atoms with Crippen LogP contribution < -0.4 is 0 Å². The first-order valence-electron chi connectivity index (χ1n) is 10.1. The Balaban J connectivity index is 1.21. The first-order valence-corrected chi connectivity index (χ1v) is 10.9. The molecule has 4 rings (SSSR count). The molecule has 2 heterocycles. The van der Waals surface area contributed by atoms with Gasteiger partial charge in [-0.1, -0.05) is 53.2 Å². The van der Waals surface area contributed by atoms with E-state index in [1.165, 1.54) is 28.9 Å². The molecule has 0 unspecified atom stereocenters. The molecule has 5 heteroatoms. The van der Waals surface area contributed by atoms with Gasteiger partial charge in [-0.3, -0.25) is 4.90 Å². The molecular weight excluding hydrogens is 366 g/mol. The Morgan fingerprint density at radius 3 is 2.50 bits per heavy atom. The smallest absolute Gasteiger partial charge is 0.240 e. The number of piperidine rings is 1. The summed E-state index contributed by atoms with van der Waals surface area (Å²) >= 11 is 2.01. The fraction of sp³-hybridized carbons (Fsp3) is 0.391. The van der Waals surface area contributed by atoms with Crippen LogP contribution in [0.5, 0.6) is 0 Å². The Labute approximate surface area is 171 Å². The van der Waals surface area contributed by atoms with Gasteiger partial charge in [-0.25, -0.2) is 0 Å². The lowest BCUT2D eigenvalue weighted by Gasteiger charge is -2.30. The van der Waals surface area contributed by atoms with Crippen LogP contribution in [-0.4, -0.2) is 33.4 Å². The van der Waals surface area contributed by atoms with Gasteiger partial charge in [0.1, 0.15) is 0 Å². The number of hydrogen-bond acceptors (Lipinski definition) is 5. The summed E-state index contributed by atoms with van der Waals surface area (Å²) in [5.74, 6) is 1.55. The molecule has 3 aromatic rings. The molecule has 28 heavy (non-hydrogen) atoms. The van der Waals surface area contributed by atoms with Gasteiger partial charge in [-0.05, 0) is 57.0 Å². The number of aryl methyl sites for hydroxylation is 3. The highest BCUT2D eigenvalue weighted by molar-refractivity contribution is 8.00. The summed E-state index contributed by atoms with van der Waals surface area (Å²) in [6, 6.07) is 19.3. The first kappa shape index (κ1) is 19.2. The Bertz CT molecular complexity index is 855. The fourth-order valence-electron chi connectivity index (χ4n) is 3.54. The third-order valence-corrected chi connectivity index (χ3v) is 6.56. The zero-order valence-electron chi connectivity index (χ0n) is 16.4. The van der Waals surface area contributed by atoms with Crippen LogP contribution >= 0.6 is 11.8 Å². The van der Waals surface area contributed by atoms with E-state index in [-0.39, 0.29) is 0 Å². The minimum absolute atomic E-state index is 0.697. The Morgan fingerprint density at radius 2 is 1.75 bits per heavy atom. The molecule has 146 valence electrons. The molecule has 4 nitrogen and oxygen atoms in total. The normalized spacial score (nSPS) is 15.8. The molecule has 0 aliphatic carbocycles. The van der Waals surface area contributed by atoms with Crippen LogP contribution in [0.4, 0.5) is 0 Å². The van der Waals surface area contributed by atoms with E-state index in [9.17, 15) is 0 Å². The van der Waals surface area contributed by atoms with Gasteiger partial charge in [-0.2, -0.15) is 4.98 Å². The highest BCUT2D eigenvalue weighted by Gasteiger charge is 2.21. The van der Waals surface area contributed by atoms with E-state index in [1.807, 2.05) is 17.8 Å². The quantitative estimate of drug-likeness (QED) is 0.570. The number of likely N-dealkylation sites (tertiary alicyclic amines) is 1. The molecule has 0 atom stereocenters. The molecule has 1 aliphatic rings. The Hall–Kier alpha value is -2.11. The van der Waals surface area contributed by atoms with E-state index in [0.29, 0.717) is 5.25 Å². The Kier molecular flexibility index (Phi) is 6.45. The van der Waals surface area contributed by atoms with Crippen molar-refractivity contribution in [3.8, 4) is 0 Å². The maximum absolute atomic E-state index is 5.48. The van der Waals surface area contributed by atoms with E-state index < -0.39 is 0 Å². The van der Waals surface area contributed by atoms with Crippen molar-refractivity contribution < 1.29 is 4.52 Å². The summed E-state index contributed by atoms with van der Waals surface area (Å²) in [6.45, 7) is 5.08. The van der Waals surface area contributed by atoms with Crippen LogP contribution in [0.15, 0.2) is 64.0 Å². The lowest BCUT2D eigenvalue weighted by atomic mass is 10.1. The predicted molar refractivity (Wildman–Crippen MR) is 113 cm³/mol. The summed E-state index contributed by atoms with van der Waals surface area (Å²) in [7, 11) is 0. The van der Waals surface area contributed by atoms with Crippen LogP contribution in [-0.2, 0) is 19.4 Å². The monoisotopic (exact) mass is 393 g/mol. The number of nitrogens with zero attached hydrogens (tertiary/aromatic N) is 3. The third kappa shape index (κ3) is 5.46. The second-order valence-electron chi connectivity index (χ2n) is 7.50. The predicted octanol–water partition coefficient (Wildman–Crippen LogP) is 4.92. The maximum Gasteiger partial charge on any atom is 0.240 e. The number of rotatable bonds is 7. The highest BCUT2D eigenvalue weighted by Crippen LogP contribution is 2.30.